The molecule has 0 spiro atoms. The average Bonchev–Trinajstić information content (AvgIpc) is 3.09. The maximum Gasteiger partial charge on any atom is 0.150 e. The number of benzene rings is 1. The Kier molecular flexibility index (Phi) is 5.91. The van der Waals surface area contributed by atoms with Crippen LogP contribution in [0, 0.1) is 6.92 Å². The number of hydrogen-bond acceptors (Lipinski definition) is 5. The fourth-order valence-corrected chi connectivity index (χ4v) is 4.58. The lowest BCUT2D eigenvalue weighted by Crippen LogP contribution is -2.54. The zero-order valence-corrected chi connectivity index (χ0v) is 16.7. The van der Waals surface area contributed by atoms with Gasteiger partial charge in [-0.1, -0.05) is 35.5 Å². The molecule has 0 amide bonds. The molecule has 146 valence electrons. The molecular weight excluding hydrogens is 336 g/mol. The van der Waals surface area contributed by atoms with E-state index in [1.165, 1.54) is 38.0 Å². The zero-order valence-electron chi connectivity index (χ0n) is 16.7. The van der Waals surface area contributed by atoms with Crippen molar-refractivity contribution in [3.05, 3.63) is 53.4 Å². The normalized spacial score (nSPS) is 25.7. The minimum Gasteiger partial charge on any atom is -0.360 e. The van der Waals surface area contributed by atoms with Gasteiger partial charge in [0.05, 0.1) is 12.2 Å². The number of rotatable bonds is 5. The molecule has 0 radical (unpaired) electrons. The Balaban J connectivity index is 1.24. The first-order valence-electron chi connectivity index (χ1n) is 10.3. The molecule has 0 saturated carbocycles. The highest BCUT2D eigenvalue weighted by Gasteiger charge is 2.31. The summed E-state index contributed by atoms with van der Waals surface area (Å²) in [5.41, 5.74) is 2.40. The fourth-order valence-electron chi connectivity index (χ4n) is 4.58. The number of likely N-dealkylation sites (tertiary alicyclic amines) is 1. The Labute approximate surface area is 162 Å². The van der Waals surface area contributed by atoms with Gasteiger partial charge in [0.1, 0.15) is 0 Å². The zero-order chi connectivity index (χ0) is 18.6. The molecule has 0 N–H and O–H groups in total. The average molecular weight is 369 g/mol. The highest BCUT2D eigenvalue weighted by molar-refractivity contribution is 5.14. The van der Waals surface area contributed by atoms with E-state index in [0.29, 0.717) is 6.04 Å². The molecule has 0 unspecified atom stereocenters. The summed E-state index contributed by atoms with van der Waals surface area (Å²) < 4.78 is 5.37. The molecule has 2 aromatic rings. The summed E-state index contributed by atoms with van der Waals surface area (Å²) in [5, 5.41) is 4.00. The second kappa shape index (κ2) is 8.55. The molecule has 1 aromatic heterocycles. The van der Waals surface area contributed by atoms with Crippen LogP contribution in [-0.2, 0) is 13.1 Å². The second-order valence-electron chi connectivity index (χ2n) is 8.23. The van der Waals surface area contributed by atoms with Crippen molar-refractivity contribution >= 4 is 0 Å². The highest BCUT2D eigenvalue weighted by Crippen LogP contribution is 2.24. The molecule has 3 heterocycles. The molecule has 2 aliphatic rings. The third kappa shape index (κ3) is 4.78. The van der Waals surface area contributed by atoms with E-state index < -0.39 is 0 Å². The van der Waals surface area contributed by atoms with Crippen LogP contribution >= 0.6 is 0 Å². The largest absolute Gasteiger partial charge is 0.360 e. The molecule has 0 bridgehead atoms. The molecule has 4 rings (SSSR count). The summed E-state index contributed by atoms with van der Waals surface area (Å²) in [6.07, 6.45) is 2.58. The van der Waals surface area contributed by atoms with Crippen LogP contribution in [0.1, 0.15) is 36.8 Å². The number of aryl methyl sites for hydroxylation is 1. The quantitative estimate of drug-likeness (QED) is 0.810. The van der Waals surface area contributed by atoms with Crippen molar-refractivity contribution in [1.29, 1.82) is 0 Å². The first-order chi connectivity index (χ1) is 13.2. The first-order valence-corrected chi connectivity index (χ1v) is 10.3. The number of piperidine rings is 1. The van der Waals surface area contributed by atoms with Gasteiger partial charge in [-0.3, -0.25) is 14.7 Å². The minimum absolute atomic E-state index is 0.652. The highest BCUT2D eigenvalue weighted by atomic mass is 16.5. The number of hydrogen-bond donors (Lipinski definition) is 0. The summed E-state index contributed by atoms with van der Waals surface area (Å²) in [5.74, 6) is 0.990. The van der Waals surface area contributed by atoms with Crippen molar-refractivity contribution in [3.8, 4) is 0 Å². The number of piperazine rings is 1. The van der Waals surface area contributed by atoms with Crippen LogP contribution in [0.4, 0.5) is 0 Å². The summed E-state index contributed by atoms with van der Waals surface area (Å²) in [4.78, 5) is 7.86. The maximum atomic E-state index is 5.37. The van der Waals surface area contributed by atoms with Gasteiger partial charge in [-0.2, -0.15) is 0 Å². The van der Waals surface area contributed by atoms with Crippen LogP contribution < -0.4 is 0 Å². The van der Waals surface area contributed by atoms with Crippen LogP contribution in [0.15, 0.2) is 40.9 Å². The molecule has 0 aliphatic carbocycles. The second-order valence-corrected chi connectivity index (χ2v) is 8.23. The molecule has 5 heteroatoms. The molecular formula is C22H32N4O. The molecule has 2 aliphatic heterocycles. The van der Waals surface area contributed by atoms with Gasteiger partial charge in [0, 0.05) is 57.4 Å². The van der Waals surface area contributed by atoms with Gasteiger partial charge in [0.25, 0.3) is 0 Å². The van der Waals surface area contributed by atoms with Crippen molar-refractivity contribution in [3.63, 3.8) is 0 Å². The minimum atomic E-state index is 0.652. The molecule has 27 heavy (non-hydrogen) atoms. The van der Waals surface area contributed by atoms with E-state index in [9.17, 15) is 0 Å². The van der Waals surface area contributed by atoms with Gasteiger partial charge in [0.2, 0.25) is 0 Å². The predicted octanol–water partition coefficient (Wildman–Crippen LogP) is 3.15. The third-order valence-electron chi connectivity index (χ3n) is 6.19. The van der Waals surface area contributed by atoms with Crippen molar-refractivity contribution < 1.29 is 4.52 Å². The Hall–Kier alpha value is -1.69. The van der Waals surface area contributed by atoms with Gasteiger partial charge >= 0.3 is 0 Å². The van der Waals surface area contributed by atoms with Gasteiger partial charge < -0.3 is 4.52 Å². The van der Waals surface area contributed by atoms with Crippen molar-refractivity contribution in [2.24, 2.45) is 0 Å². The first kappa shape index (κ1) is 18.7. The fraction of sp³-hybridized carbons (Fsp3) is 0.591. The summed E-state index contributed by atoms with van der Waals surface area (Å²) in [7, 11) is 0. The topological polar surface area (TPSA) is 35.8 Å². The van der Waals surface area contributed by atoms with E-state index in [0.717, 1.165) is 43.7 Å². The van der Waals surface area contributed by atoms with E-state index in [1.807, 2.05) is 6.92 Å². The Morgan fingerprint density at radius 3 is 2.48 bits per heavy atom. The lowest BCUT2D eigenvalue weighted by atomic mass is 9.95. The van der Waals surface area contributed by atoms with Crippen molar-refractivity contribution in [2.45, 2.75) is 51.9 Å². The summed E-state index contributed by atoms with van der Waals surface area (Å²) in [6.45, 7) is 12.1. The number of nitrogens with zero attached hydrogens (tertiary/aromatic N) is 4. The maximum absolute atomic E-state index is 5.37. The summed E-state index contributed by atoms with van der Waals surface area (Å²) in [6, 6.07) is 14.3. The van der Waals surface area contributed by atoms with Crippen molar-refractivity contribution in [1.82, 2.24) is 19.9 Å². The van der Waals surface area contributed by atoms with E-state index >= 15 is 0 Å². The standard InChI is InChI=1S/C22H32N4O/c1-18-14-22(27-23-18)17-24-10-12-25(13-11-24)21-8-9-26(19(2)15-21)16-20-6-4-3-5-7-20/h3-7,14,19,21H,8-13,15-17H2,1-2H3/t19-,21-/m1/s1. The van der Waals surface area contributed by atoms with Gasteiger partial charge in [-0.25, -0.2) is 0 Å². The van der Waals surface area contributed by atoms with Crippen LogP contribution in [0.2, 0.25) is 0 Å². The lowest BCUT2D eigenvalue weighted by Gasteiger charge is -2.45. The smallest absolute Gasteiger partial charge is 0.150 e. The Morgan fingerprint density at radius 2 is 1.81 bits per heavy atom. The lowest BCUT2D eigenvalue weighted by molar-refractivity contribution is 0.0325. The van der Waals surface area contributed by atoms with E-state index in [2.05, 4.69) is 63.2 Å². The predicted molar refractivity (Wildman–Crippen MR) is 107 cm³/mol. The van der Waals surface area contributed by atoms with E-state index in [1.54, 1.807) is 0 Å². The van der Waals surface area contributed by atoms with Crippen LogP contribution in [0.25, 0.3) is 0 Å². The molecule has 1 aromatic carbocycles. The molecule has 2 saturated heterocycles. The van der Waals surface area contributed by atoms with Crippen LogP contribution in [0.5, 0.6) is 0 Å². The van der Waals surface area contributed by atoms with Crippen molar-refractivity contribution in [2.75, 3.05) is 32.7 Å². The van der Waals surface area contributed by atoms with Gasteiger partial charge in [0.15, 0.2) is 5.76 Å². The SMILES string of the molecule is Cc1cc(CN2CCN([C@@H]3CCN(Cc4ccccc4)[C@H](C)C3)CC2)on1. The monoisotopic (exact) mass is 368 g/mol. The molecule has 5 nitrogen and oxygen atoms in total. The molecule has 2 fully saturated rings. The Bertz CT molecular complexity index is 708. The summed E-state index contributed by atoms with van der Waals surface area (Å²) >= 11 is 0. The van der Waals surface area contributed by atoms with Crippen LogP contribution in [0.3, 0.4) is 0 Å². The third-order valence-corrected chi connectivity index (χ3v) is 6.19. The van der Waals surface area contributed by atoms with Crippen LogP contribution in [-0.4, -0.2) is 64.7 Å². The van der Waals surface area contributed by atoms with E-state index in [-0.39, 0.29) is 0 Å². The Morgan fingerprint density at radius 1 is 1.04 bits per heavy atom. The van der Waals surface area contributed by atoms with Gasteiger partial charge in [-0.15, -0.1) is 0 Å². The number of aromatic nitrogens is 1. The van der Waals surface area contributed by atoms with E-state index in [4.69, 9.17) is 4.52 Å². The van der Waals surface area contributed by atoms with Gasteiger partial charge in [-0.05, 0) is 32.3 Å². The molecule has 2 atom stereocenters.